The van der Waals surface area contributed by atoms with Gasteiger partial charge in [-0.2, -0.15) is 0 Å². The molecule has 0 amide bonds. The molecule has 13 heavy (non-hydrogen) atoms. The van der Waals surface area contributed by atoms with Crippen LogP contribution in [0.2, 0.25) is 0 Å². The maximum Gasteiger partial charge on any atom is 0.180 e. The summed E-state index contributed by atoms with van der Waals surface area (Å²) in [5.41, 5.74) is 5.45. The highest BCUT2D eigenvalue weighted by Gasteiger charge is 2.09. The molecular weight excluding hydrogens is 186 g/mol. The van der Waals surface area contributed by atoms with E-state index in [1.165, 1.54) is 11.3 Å². The molecule has 4 N–H and O–H groups in total. The molecule has 1 rings (SSSR count). The Labute approximate surface area is 81.8 Å². The molecule has 0 spiro atoms. The molecular formula is C8H15N3OS. The number of aliphatic hydroxyl groups excluding tert-OH is 1. The summed E-state index contributed by atoms with van der Waals surface area (Å²) in [6, 6.07) is 0. The molecule has 0 aliphatic rings. The van der Waals surface area contributed by atoms with Crippen molar-refractivity contribution in [3.05, 3.63) is 11.1 Å². The Morgan fingerprint density at radius 2 is 2.54 bits per heavy atom. The van der Waals surface area contributed by atoms with Gasteiger partial charge < -0.3 is 16.2 Å². The molecule has 0 radical (unpaired) electrons. The van der Waals surface area contributed by atoms with E-state index in [2.05, 4.69) is 17.2 Å². The Kier molecular flexibility index (Phi) is 4.14. The maximum atomic E-state index is 9.61. The van der Waals surface area contributed by atoms with Crippen molar-refractivity contribution in [2.24, 2.45) is 0 Å². The lowest BCUT2D eigenvalue weighted by molar-refractivity contribution is 0.178. The summed E-state index contributed by atoms with van der Waals surface area (Å²) in [6.45, 7) is 3.57. The van der Waals surface area contributed by atoms with Crippen LogP contribution in [-0.4, -0.2) is 23.2 Å². The molecule has 0 bridgehead atoms. The zero-order valence-electron chi connectivity index (χ0n) is 7.66. The molecule has 0 aromatic carbocycles. The Morgan fingerprint density at radius 3 is 3.08 bits per heavy atom. The van der Waals surface area contributed by atoms with Crippen LogP contribution in [0, 0.1) is 0 Å². The van der Waals surface area contributed by atoms with Crippen LogP contribution < -0.4 is 11.1 Å². The number of rotatable bonds is 5. The number of nitrogens with zero attached hydrogens (tertiary/aromatic N) is 1. The minimum Gasteiger partial charge on any atom is -0.386 e. The highest BCUT2D eigenvalue weighted by atomic mass is 32.1. The number of anilines is 1. The Hall–Kier alpha value is -0.650. The number of aliphatic hydroxyl groups is 1. The fourth-order valence-electron chi connectivity index (χ4n) is 0.971. The van der Waals surface area contributed by atoms with Gasteiger partial charge in [-0.15, -0.1) is 0 Å². The van der Waals surface area contributed by atoms with Gasteiger partial charge in [0.2, 0.25) is 0 Å². The van der Waals surface area contributed by atoms with E-state index in [0.717, 1.165) is 17.8 Å². The molecule has 1 aromatic heterocycles. The van der Waals surface area contributed by atoms with E-state index < -0.39 is 6.10 Å². The summed E-state index contributed by atoms with van der Waals surface area (Å²) >= 11 is 1.33. The van der Waals surface area contributed by atoms with Gasteiger partial charge in [-0.1, -0.05) is 18.3 Å². The van der Waals surface area contributed by atoms with Crippen LogP contribution in [0.1, 0.15) is 24.3 Å². The normalized spacial score (nSPS) is 13.1. The minimum absolute atomic E-state index is 0.485. The third kappa shape index (κ3) is 3.30. The summed E-state index contributed by atoms with van der Waals surface area (Å²) < 4.78 is 0. The average molecular weight is 201 g/mol. The second-order valence-electron chi connectivity index (χ2n) is 2.82. The van der Waals surface area contributed by atoms with Crippen LogP contribution in [0.4, 0.5) is 5.13 Å². The van der Waals surface area contributed by atoms with E-state index in [9.17, 15) is 5.11 Å². The van der Waals surface area contributed by atoms with Gasteiger partial charge in [0.1, 0.15) is 6.10 Å². The molecule has 1 aromatic rings. The first-order chi connectivity index (χ1) is 6.24. The summed E-state index contributed by atoms with van der Waals surface area (Å²) in [4.78, 5) is 4.69. The summed E-state index contributed by atoms with van der Waals surface area (Å²) in [7, 11) is 0. The van der Waals surface area contributed by atoms with Crippen LogP contribution in [0.3, 0.4) is 0 Å². The predicted molar refractivity (Wildman–Crippen MR) is 54.6 cm³/mol. The first-order valence-corrected chi connectivity index (χ1v) is 5.15. The number of hydrogen-bond acceptors (Lipinski definition) is 5. The summed E-state index contributed by atoms with van der Waals surface area (Å²) in [6.07, 6.45) is 2.21. The molecule has 5 heteroatoms. The van der Waals surface area contributed by atoms with Crippen molar-refractivity contribution < 1.29 is 5.11 Å². The first kappa shape index (κ1) is 10.4. The third-order valence-corrected chi connectivity index (χ3v) is 2.56. The van der Waals surface area contributed by atoms with E-state index in [1.807, 2.05) is 0 Å². The highest BCUT2D eigenvalue weighted by molar-refractivity contribution is 7.15. The number of thiazole rings is 1. The summed E-state index contributed by atoms with van der Waals surface area (Å²) in [5.74, 6) is 0. The number of nitrogens with one attached hydrogen (secondary N) is 1. The standard InChI is InChI=1S/C8H15N3OS/c1-2-3-10-4-6(12)7-5-11-8(9)13-7/h5-6,10,12H,2-4H2,1H3,(H2,9,11). The van der Waals surface area contributed by atoms with Crippen molar-refractivity contribution in [2.75, 3.05) is 18.8 Å². The Bertz CT molecular complexity index is 251. The Morgan fingerprint density at radius 1 is 1.77 bits per heavy atom. The number of nitrogens with two attached hydrogens (primary N) is 1. The van der Waals surface area contributed by atoms with Crippen molar-refractivity contribution in [2.45, 2.75) is 19.4 Å². The van der Waals surface area contributed by atoms with Crippen molar-refractivity contribution in [3.8, 4) is 0 Å². The fraction of sp³-hybridized carbons (Fsp3) is 0.625. The largest absolute Gasteiger partial charge is 0.386 e. The van der Waals surface area contributed by atoms with Crippen molar-refractivity contribution in [1.29, 1.82) is 0 Å². The predicted octanol–water partition coefficient (Wildman–Crippen LogP) is 0.758. The number of aromatic nitrogens is 1. The molecule has 0 aliphatic heterocycles. The zero-order valence-corrected chi connectivity index (χ0v) is 8.47. The SMILES string of the molecule is CCCNCC(O)c1cnc(N)s1. The highest BCUT2D eigenvalue weighted by Crippen LogP contribution is 2.21. The van der Waals surface area contributed by atoms with Crippen LogP contribution in [0.5, 0.6) is 0 Å². The van der Waals surface area contributed by atoms with Crippen LogP contribution in [0.15, 0.2) is 6.20 Å². The smallest absolute Gasteiger partial charge is 0.180 e. The Balaban J connectivity index is 2.35. The van der Waals surface area contributed by atoms with Crippen molar-refractivity contribution >= 4 is 16.5 Å². The molecule has 4 nitrogen and oxygen atoms in total. The fourth-order valence-corrected chi connectivity index (χ4v) is 1.64. The zero-order chi connectivity index (χ0) is 9.68. The van der Waals surface area contributed by atoms with Crippen LogP contribution in [-0.2, 0) is 0 Å². The number of hydrogen-bond donors (Lipinski definition) is 3. The van der Waals surface area contributed by atoms with Gasteiger partial charge in [0, 0.05) is 12.7 Å². The molecule has 0 fully saturated rings. The second-order valence-corrected chi connectivity index (χ2v) is 3.91. The van der Waals surface area contributed by atoms with Gasteiger partial charge in [-0.3, -0.25) is 0 Å². The minimum atomic E-state index is -0.485. The lowest BCUT2D eigenvalue weighted by Gasteiger charge is -2.07. The van der Waals surface area contributed by atoms with Gasteiger partial charge in [0.05, 0.1) is 4.88 Å². The molecule has 74 valence electrons. The van der Waals surface area contributed by atoms with Crippen molar-refractivity contribution in [1.82, 2.24) is 10.3 Å². The average Bonchev–Trinajstić information content (AvgIpc) is 2.52. The van der Waals surface area contributed by atoms with Gasteiger partial charge >= 0.3 is 0 Å². The summed E-state index contributed by atoms with van der Waals surface area (Å²) in [5, 5.41) is 13.2. The number of nitrogen functional groups attached to an aromatic ring is 1. The molecule has 0 saturated heterocycles. The van der Waals surface area contributed by atoms with E-state index in [-0.39, 0.29) is 0 Å². The maximum absolute atomic E-state index is 9.61. The topological polar surface area (TPSA) is 71.2 Å². The first-order valence-electron chi connectivity index (χ1n) is 4.34. The second kappa shape index (κ2) is 5.16. The molecule has 0 saturated carbocycles. The molecule has 1 unspecified atom stereocenters. The van der Waals surface area contributed by atoms with Gasteiger partial charge in [-0.05, 0) is 13.0 Å². The molecule has 0 aliphatic carbocycles. The van der Waals surface area contributed by atoms with Gasteiger partial charge in [-0.25, -0.2) is 4.98 Å². The quantitative estimate of drug-likeness (QED) is 0.615. The van der Waals surface area contributed by atoms with Gasteiger partial charge in [0.15, 0.2) is 5.13 Å². The molecule has 1 atom stereocenters. The van der Waals surface area contributed by atoms with Gasteiger partial charge in [0.25, 0.3) is 0 Å². The van der Waals surface area contributed by atoms with Crippen LogP contribution >= 0.6 is 11.3 Å². The van der Waals surface area contributed by atoms with Crippen LogP contribution in [0.25, 0.3) is 0 Å². The molecule has 1 heterocycles. The lowest BCUT2D eigenvalue weighted by atomic mass is 10.3. The lowest BCUT2D eigenvalue weighted by Crippen LogP contribution is -2.21. The van der Waals surface area contributed by atoms with E-state index in [1.54, 1.807) is 6.20 Å². The van der Waals surface area contributed by atoms with E-state index in [0.29, 0.717) is 11.7 Å². The van der Waals surface area contributed by atoms with E-state index >= 15 is 0 Å². The monoisotopic (exact) mass is 201 g/mol. The third-order valence-electron chi connectivity index (χ3n) is 1.63. The van der Waals surface area contributed by atoms with E-state index in [4.69, 9.17) is 5.73 Å². The van der Waals surface area contributed by atoms with Crippen molar-refractivity contribution in [3.63, 3.8) is 0 Å².